The predicted molar refractivity (Wildman–Crippen MR) is 58.6 cm³/mol. The minimum Gasteiger partial charge on any atom is -0.392 e. The molecule has 0 amide bonds. The molecule has 0 saturated heterocycles. The molecule has 0 radical (unpaired) electrons. The Bertz CT molecular complexity index is 157. The summed E-state index contributed by atoms with van der Waals surface area (Å²) in [6.45, 7) is 3.81. The van der Waals surface area contributed by atoms with Gasteiger partial charge in [0.1, 0.15) is 0 Å². The molecule has 0 bridgehead atoms. The summed E-state index contributed by atoms with van der Waals surface area (Å²) in [6.07, 6.45) is 15.8. The molecule has 74 valence electrons. The highest BCUT2D eigenvalue weighted by Gasteiger charge is 1.83. The number of allylic oxidation sites excluding steroid dienone is 4. The molecule has 0 saturated carbocycles. The van der Waals surface area contributed by atoms with Gasteiger partial charge in [-0.05, 0) is 25.7 Å². The van der Waals surface area contributed by atoms with E-state index in [1.165, 1.54) is 19.3 Å². The van der Waals surface area contributed by atoms with Crippen LogP contribution in [0.2, 0.25) is 0 Å². The van der Waals surface area contributed by atoms with Crippen LogP contribution in [0.25, 0.3) is 0 Å². The SMILES string of the molecule is C=CCCCCC/C=C\C=C\CO. The van der Waals surface area contributed by atoms with Gasteiger partial charge in [-0.3, -0.25) is 0 Å². The van der Waals surface area contributed by atoms with Crippen molar-refractivity contribution in [2.24, 2.45) is 0 Å². The monoisotopic (exact) mass is 180 g/mol. The molecule has 13 heavy (non-hydrogen) atoms. The van der Waals surface area contributed by atoms with Gasteiger partial charge in [0.2, 0.25) is 0 Å². The van der Waals surface area contributed by atoms with Crippen LogP contribution >= 0.6 is 0 Å². The molecule has 1 nitrogen and oxygen atoms in total. The van der Waals surface area contributed by atoms with E-state index < -0.39 is 0 Å². The smallest absolute Gasteiger partial charge is 0.0615 e. The summed E-state index contributed by atoms with van der Waals surface area (Å²) in [6, 6.07) is 0. The first-order chi connectivity index (χ1) is 6.41. The van der Waals surface area contributed by atoms with Gasteiger partial charge >= 0.3 is 0 Å². The summed E-state index contributed by atoms with van der Waals surface area (Å²) in [5, 5.41) is 8.44. The van der Waals surface area contributed by atoms with E-state index in [1.807, 2.05) is 18.2 Å². The fraction of sp³-hybridized carbons (Fsp3) is 0.500. The number of unbranched alkanes of at least 4 members (excludes halogenated alkanes) is 4. The number of hydrogen-bond donors (Lipinski definition) is 1. The third kappa shape index (κ3) is 11.2. The second-order valence-electron chi connectivity index (χ2n) is 2.97. The molecule has 0 aromatic rings. The first-order valence-corrected chi connectivity index (χ1v) is 4.95. The molecular formula is C12H20O. The van der Waals surface area contributed by atoms with Gasteiger partial charge in [-0.1, -0.05) is 36.8 Å². The lowest BCUT2D eigenvalue weighted by molar-refractivity contribution is 0.343. The maximum atomic E-state index is 8.44. The lowest BCUT2D eigenvalue weighted by atomic mass is 10.1. The molecule has 0 heterocycles. The summed E-state index contributed by atoms with van der Waals surface area (Å²) in [4.78, 5) is 0. The molecule has 0 rings (SSSR count). The van der Waals surface area contributed by atoms with Crippen LogP contribution in [0.15, 0.2) is 37.0 Å². The Morgan fingerprint density at radius 3 is 2.31 bits per heavy atom. The Morgan fingerprint density at radius 1 is 0.923 bits per heavy atom. The second kappa shape index (κ2) is 11.2. The summed E-state index contributed by atoms with van der Waals surface area (Å²) in [5.74, 6) is 0. The first-order valence-electron chi connectivity index (χ1n) is 4.95. The van der Waals surface area contributed by atoms with Crippen molar-refractivity contribution in [1.29, 1.82) is 0 Å². The highest BCUT2D eigenvalue weighted by Crippen LogP contribution is 2.03. The lowest BCUT2D eigenvalue weighted by Crippen LogP contribution is -1.74. The van der Waals surface area contributed by atoms with Gasteiger partial charge < -0.3 is 5.11 Å². The average molecular weight is 180 g/mol. The molecule has 0 aromatic carbocycles. The van der Waals surface area contributed by atoms with Crippen LogP contribution in [0.5, 0.6) is 0 Å². The molecular weight excluding hydrogens is 160 g/mol. The molecule has 1 heteroatoms. The van der Waals surface area contributed by atoms with E-state index in [2.05, 4.69) is 12.7 Å². The van der Waals surface area contributed by atoms with Crippen molar-refractivity contribution in [3.63, 3.8) is 0 Å². The zero-order valence-corrected chi connectivity index (χ0v) is 8.28. The molecule has 1 N–H and O–H groups in total. The third-order valence-corrected chi connectivity index (χ3v) is 1.77. The number of aliphatic hydroxyl groups excluding tert-OH is 1. The number of rotatable bonds is 8. The van der Waals surface area contributed by atoms with Gasteiger partial charge in [0, 0.05) is 0 Å². The van der Waals surface area contributed by atoms with E-state index in [0.29, 0.717) is 0 Å². The van der Waals surface area contributed by atoms with Gasteiger partial charge in [-0.25, -0.2) is 0 Å². The van der Waals surface area contributed by atoms with Crippen molar-refractivity contribution in [2.45, 2.75) is 32.1 Å². The van der Waals surface area contributed by atoms with Crippen LogP contribution in [0.4, 0.5) is 0 Å². The highest BCUT2D eigenvalue weighted by atomic mass is 16.2. The number of hydrogen-bond acceptors (Lipinski definition) is 1. The Hall–Kier alpha value is -0.820. The second-order valence-corrected chi connectivity index (χ2v) is 2.97. The summed E-state index contributed by atoms with van der Waals surface area (Å²) in [5.41, 5.74) is 0. The van der Waals surface area contributed by atoms with Gasteiger partial charge in [-0.2, -0.15) is 0 Å². The minimum absolute atomic E-state index is 0.129. The van der Waals surface area contributed by atoms with E-state index >= 15 is 0 Å². The summed E-state index contributed by atoms with van der Waals surface area (Å²) < 4.78 is 0. The highest BCUT2D eigenvalue weighted by molar-refractivity contribution is 5.02. The van der Waals surface area contributed by atoms with Crippen molar-refractivity contribution >= 4 is 0 Å². The van der Waals surface area contributed by atoms with Gasteiger partial charge in [0.25, 0.3) is 0 Å². The quantitative estimate of drug-likeness (QED) is 0.345. The average Bonchev–Trinajstić information content (AvgIpc) is 2.16. The Kier molecular flexibility index (Phi) is 10.5. The van der Waals surface area contributed by atoms with Crippen LogP contribution in [-0.4, -0.2) is 11.7 Å². The Morgan fingerprint density at radius 2 is 1.62 bits per heavy atom. The summed E-state index contributed by atoms with van der Waals surface area (Å²) >= 11 is 0. The molecule has 0 unspecified atom stereocenters. The minimum atomic E-state index is 0.129. The molecule has 0 atom stereocenters. The molecule has 0 aromatic heterocycles. The van der Waals surface area contributed by atoms with Crippen LogP contribution in [0.3, 0.4) is 0 Å². The van der Waals surface area contributed by atoms with Crippen LogP contribution < -0.4 is 0 Å². The zero-order chi connectivity index (χ0) is 9.78. The number of aliphatic hydroxyl groups is 1. The first kappa shape index (κ1) is 12.2. The fourth-order valence-corrected chi connectivity index (χ4v) is 1.04. The molecule has 0 aliphatic heterocycles. The van der Waals surface area contributed by atoms with Gasteiger partial charge in [0.05, 0.1) is 6.61 Å². The maximum absolute atomic E-state index is 8.44. The largest absolute Gasteiger partial charge is 0.392 e. The molecule has 0 fully saturated rings. The van der Waals surface area contributed by atoms with Crippen molar-refractivity contribution < 1.29 is 5.11 Å². The zero-order valence-electron chi connectivity index (χ0n) is 8.28. The topological polar surface area (TPSA) is 20.2 Å². The fourth-order valence-electron chi connectivity index (χ4n) is 1.04. The van der Waals surface area contributed by atoms with Crippen molar-refractivity contribution in [3.05, 3.63) is 37.0 Å². The van der Waals surface area contributed by atoms with E-state index in [4.69, 9.17) is 5.11 Å². The summed E-state index contributed by atoms with van der Waals surface area (Å²) in [7, 11) is 0. The van der Waals surface area contributed by atoms with E-state index in [0.717, 1.165) is 12.8 Å². The normalized spacial score (nSPS) is 11.5. The van der Waals surface area contributed by atoms with E-state index in [1.54, 1.807) is 6.08 Å². The van der Waals surface area contributed by atoms with Crippen molar-refractivity contribution in [2.75, 3.05) is 6.61 Å². The van der Waals surface area contributed by atoms with Crippen LogP contribution in [-0.2, 0) is 0 Å². The maximum Gasteiger partial charge on any atom is 0.0615 e. The van der Waals surface area contributed by atoms with Crippen LogP contribution in [0, 0.1) is 0 Å². The molecule has 0 spiro atoms. The van der Waals surface area contributed by atoms with E-state index in [9.17, 15) is 0 Å². The standard InChI is InChI=1S/C12H20O/c1-2-3-4-5-6-7-8-9-10-11-12-13/h2,8-11,13H,1,3-7,12H2/b9-8-,11-10+. The van der Waals surface area contributed by atoms with E-state index in [-0.39, 0.29) is 6.61 Å². The van der Waals surface area contributed by atoms with Crippen molar-refractivity contribution in [1.82, 2.24) is 0 Å². The lowest BCUT2D eigenvalue weighted by Gasteiger charge is -1.93. The molecule has 0 aliphatic carbocycles. The molecule has 0 aliphatic rings. The predicted octanol–water partition coefficient (Wildman–Crippen LogP) is 3.23. The van der Waals surface area contributed by atoms with Crippen LogP contribution in [0.1, 0.15) is 32.1 Å². The van der Waals surface area contributed by atoms with Gasteiger partial charge in [-0.15, -0.1) is 6.58 Å². The Labute approximate surface area is 81.5 Å². The third-order valence-electron chi connectivity index (χ3n) is 1.77. The Balaban J connectivity index is 3.10. The van der Waals surface area contributed by atoms with Crippen molar-refractivity contribution in [3.8, 4) is 0 Å². The van der Waals surface area contributed by atoms with Gasteiger partial charge in [0.15, 0.2) is 0 Å².